The van der Waals surface area contributed by atoms with Crippen molar-refractivity contribution in [3.63, 3.8) is 0 Å². The number of benzene rings is 1. The summed E-state index contributed by atoms with van der Waals surface area (Å²) >= 11 is 8.37. The molecule has 100 valence electrons. The number of anilines is 1. The molecule has 6 heteroatoms. The number of ether oxygens (including phenoxy) is 1. The lowest BCUT2D eigenvalue weighted by atomic mass is 10.2. The standard InChI is InChI=1S/C12H17BrN2O2S/c1-15(6-9(16)7-17-2)8-3-4-10(12(14)18)11(13)5-8/h3-5,9,16H,6-7H2,1-2H3,(H2,14,18). The molecule has 4 nitrogen and oxygen atoms in total. The van der Waals surface area contributed by atoms with E-state index in [2.05, 4.69) is 15.9 Å². The lowest BCUT2D eigenvalue weighted by Gasteiger charge is -2.23. The largest absolute Gasteiger partial charge is 0.389 e. The molecule has 0 spiro atoms. The Morgan fingerprint density at radius 2 is 2.28 bits per heavy atom. The number of nitrogens with zero attached hydrogens (tertiary/aromatic N) is 1. The maximum Gasteiger partial charge on any atom is 0.105 e. The Morgan fingerprint density at radius 3 is 2.78 bits per heavy atom. The summed E-state index contributed by atoms with van der Waals surface area (Å²) in [6.07, 6.45) is -0.519. The number of hydrogen-bond donors (Lipinski definition) is 2. The Morgan fingerprint density at radius 1 is 1.61 bits per heavy atom. The van der Waals surface area contributed by atoms with Crippen LogP contribution in [-0.2, 0) is 4.74 Å². The number of nitrogens with two attached hydrogens (primary N) is 1. The number of halogens is 1. The van der Waals surface area contributed by atoms with Crippen molar-refractivity contribution in [2.24, 2.45) is 5.73 Å². The highest BCUT2D eigenvalue weighted by molar-refractivity contribution is 9.10. The zero-order valence-electron chi connectivity index (χ0n) is 10.4. The van der Waals surface area contributed by atoms with Crippen molar-refractivity contribution in [1.29, 1.82) is 0 Å². The number of rotatable bonds is 6. The summed E-state index contributed by atoms with van der Waals surface area (Å²) in [5, 5.41) is 9.67. The van der Waals surface area contributed by atoms with Crippen LogP contribution in [0.4, 0.5) is 5.69 Å². The molecule has 1 aromatic rings. The third-order valence-corrected chi connectivity index (χ3v) is 3.38. The lowest BCUT2D eigenvalue weighted by Crippen LogP contribution is -2.31. The first kappa shape index (κ1) is 15.4. The molecule has 0 aliphatic carbocycles. The Bertz CT molecular complexity index is 429. The van der Waals surface area contributed by atoms with Crippen molar-refractivity contribution < 1.29 is 9.84 Å². The highest BCUT2D eigenvalue weighted by Gasteiger charge is 2.10. The van der Waals surface area contributed by atoms with Crippen molar-refractivity contribution in [3.05, 3.63) is 28.2 Å². The summed E-state index contributed by atoms with van der Waals surface area (Å²) in [5.41, 5.74) is 7.37. The van der Waals surface area contributed by atoms with E-state index in [4.69, 9.17) is 22.7 Å². The molecule has 0 aliphatic rings. The minimum atomic E-state index is -0.519. The van der Waals surface area contributed by atoms with E-state index in [1.165, 1.54) is 0 Å². The molecule has 18 heavy (non-hydrogen) atoms. The van der Waals surface area contributed by atoms with Gasteiger partial charge < -0.3 is 20.5 Å². The average molecular weight is 333 g/mol. The van der Waals surface area contributed by atoms with E-state index >= 15 is 0 Å². The Labute approximate surface area is 121 Å². The molecule has 0 radical (unpaired) electrons. The number of methoxy groups -OCH3 is 1. The molecule has 0 aliphatic heterocycles. The molecule has 0 saturated carbocycles. The van der Waals surface area contributed by atoms with Crippen LogP contribution >= 0.6 is 28.1 Å². The lowest BCUT2D eigenvalue weighted by molar-refractivity contribution is 0.0695. The molecule has 3 N–H and O–H groups in total. The van der Waals surface area contributed by atoms with Crippen LogP contribution in [0.2, 0.25) is 0 Å². The van der Waals surface area contributed by atoms with Crippen molar-refractivity contribution in [2.75, 3.05) is 32.2 Å². The third kappa shape index (κ3) is 4.20. The van der Waals surface area contributed by atoms with Crippen molar-refractivity contribution in [2.45, 2.75) is 6.10 Å². The van der Waals surface area contributed by atoms with Gasteiger partial charge in [-0.3, -0.25) is 0 Å². The molecule has 0 saturated heterocycles. The molecule has 1 unspecified atom stereocenters. The fraction of sp³-hybridized carbons (Fsp3) is 0.417. The quantitative estimate of drug-likeness (QED) is 0.773. The second kappa shape index (κ2) is 7.04. The zero-order valence-corrected chi connectivity index (χ0v) is 12.8. The molecule has 0 heterocycles. The molecule has 0 aromatic heterocycles. The van der Waals surface area contributed by atoms with E-state index < -0.39 is 6.10 Å². The van der Waals surface area contributed by atoms with Gasteiger partial charge in [-0.1, -0.05) is 12.2 Å². The maximum absolute atomic E-state index is 9.67. The fourth-order valence-electron chi connectivity index (χ4n) is 1.61. The second-order valence-corrected chi connectivity index (χ2v) is 5.31. The predicted octanol–water partition coefficient (Wildman–Crippen LogP) is 1.53. The number of thiocarbonyl (C=S) groups is 1. The molecular formula is C12H17BrN2O2S. The Balaban J connectivity index is 2.78. The molecular weight excluding hydrogens is 316 g/mol. The summed E-state index contributed by atoms with van der Waals surface area (Å²) in [7, 11) is 3.47. The highest BCUT2D eigenvalue weighted by Crippen LogP contribution is 2.23. The van der Waals surface area contributed by atoms with Crippen molar-refractivity contribution >= 4 is 38.8 Å². The molecule has 0 bridgehead atoms. The van der Waals surface area contributed by atoms with Gasteiger partial charge in [-0.25, -0.2) is 0 Å². The predicted molar refractivity (Wildman–Crippen MR) is 81.2 cm³/mol. The molecule has 1 rings (SSSR count). The molecule has 1 atom stereocenters. The van der Waals surface area contributed by atoms with Crippen molar-refractivity contribution in [3.8, 4) is 0 Å². The first-order valence-corrected chi connectivity index (χ1v) is 6.63. The summed E-state index contributed by atoms with van der Waals surface area (Å²) < 4.78 is 5.74. The highest BCUT2D eigenvalue weighted by atomic mass is 79.9. The van der Waals surface area contributed by atoms with Crippen LogP contribution in [0.25, 0.3) is 0 Å². The smallest absolute Gasteiger partial charge is 0.105 e. The van der Waals surface area contributed by atoms with Gasteiger partial charge in [0.2, 0.25) is 0 Å². The van der Waals surface area contributed by atoms with Crippen LogP contribution in [0.15, 0.2) is 22.7 Å². The van der Waals surface area contributed by atoms with E-state index in [0.717, 1.165) is 15.7 Å². The summed E-state index contributed by atoms with van der Waals surface area (Å²) in [6.45, 7) is 0.809. The Kier molecular flexibility index (Phi) is 6.01. The van der Waals surface area contributed by atoms with Gasteiger partial charge in [0.25, 0.3) is 0 Å². The minimum Gasteiger partial charge on any atom is -0.389 e. The third-order valence-electron chi connectivity index (χ3n) is 2.50. The van der Waals surface area contributed by atoms with Gasteiger partial charge in [0.1, 0.15) is 4.99 Å². The number of likely N-dealkylation sites (N-methyl/N-ethyl adjacent to an activating group) is 1. The van der Waals surface area contributed by atoms with E-state index in [0.29, 0.717) is 18.1 Å². The maximum atomic E-state index is 9.67. The minimum absolute atomic E-state index is 0.316. The zero-order chi connectivity index (χ0) is 13.7. The normalized spacial score (nSPS) is 12.2. The number of aliphatic hydroxyl groups excluding tert-OH is 1. The first-order valence-electron chi connectivity index (χ1n) is 5.43. The van der Waals surface area contributed by atoms with Crippen LogP contribution < -0.4 is 10.6 Å². The van der Waals surface area contributed by atoms with Crippen LogP contribution in [0.1, 0.15) is 5.56 Å². The van der Waals surface area contributed by atoms with E-state index in [1.54, 1.807) is 7.11 Å². The van der Waals surface area contributed by atoms with Gasteiger partial charge in [-0.05, 0) is 34.1 Å². The summed E-state index contributed by atoms with van der Waals surface area (Å²) in [6, 6.07) is 5.70. The van der Waals surface area contributed by atoms with Gasteiger partial charge in [0.05, 0.1) is 12.7 Å². The van der Waals surface area contributed by atoms with E-state index in [9.17, 15) is 5.11 Å². The van der Waals surface area contributed by atoms with Gasteiger partial charge in [-0.15, -0.1) is 0 Å². The van der Waals surface area contributed by atoms with Gasteiger partial charge in [0.15, 0.2) is 0 Å². The van der Waals surface area contributed by atoms with Crippen molar-refractivity contribution in [1.82, 2.24) is 0 Å². The monoisotopic (exact) mass is 332 g/mol. The Hall–Kier alpha value is -0.690. The molecule has 1 aromatic carbocycles. The molecule has 0 fully saturated rings. The van der Waals surface area contributed by atoms with Gasteiger partial charge in [0, 0.05) is 36.4 Å². The number of aliphatic hydroxyl groups is 1. The van der Waals surface area contributed by atoms with Gasteiger partial charge >= 0.3 is 0 Å². The van der Waals surface area contributed by atoms with Gasteiger partial charge in [-0.2, -0.15) is 0 Å². The fourth-order valence-corrected chi connectivity index (χ4v) is 2.50. The SMILES string of the molecule is COCC(O)CN(C)c1ccc(C(N)=S)c(Br)c1. The topological polar surface area (TPSA) is 58.7 Å². The van der Waals surface area contributed by atoms with Crippen LogP contribution in [0.5, 0.6) is 0 Å². The van der Waals surface area contributed by atoms with E-state index in [1.807, 2.05) is 30.1 Å². The first-order chi connectivity index (χ1) is 8.45. The van der Waals surface area contributed by atoms with Crippen LogP contribution in [0, 0.1) is 0 Å². The van der Waals surface area contributed by atoms with Crippen LogP contribution in [0.3, 0.4) is 0 Å². The summed E-state index contributed by atoms with van der Waals surface area (Å²) in [5.74, 6) is 0. The number of hydrogen-bond acceptors (Lipinski definition) is 4. The summed E-state index contributed by atoms with van der Waals surface area (Å²) in [4.78, 5) is 2.30. The average Bonchev–Trinajstić information content (AvgIpc) is 2.28. The second-order valence-electron chi connectivity index (χ2n) is 4.02. The van der Waals surface area contributed by atoms with E-state index in [-0.39, 0.29) is 0 Å². The molecule has 0 amide bonds. The van der Waals surface area contributed by atoms with Crippen LogP contribution in [-0.4, -0.2) is 43.5 Å².